The Hall–Kier alpha value is -3.66. The Bertz CT molecular complexity index is 1140. The largest absolute Gasteiger partial charge is 0.350 e. The number of carbonyl (C=O) groups is 2. The molecular formula is C27H26N2O2. The summed E-state index contributed by atoms with van der Waals surface area (Å²) >= 11 is 0. The molecule has 4 rings (SSSR count). The number of hydrogen-bond donors (Lipinski definition) is 1. The fourth-order valence-corrected chi connectivity index (χ4v) is 3.96. The van der Waals surface area contributed by atoms with Crippen LogP contribution >= 0.6 is 0 Å². The van der Waals surface area contributed by atoms with Crippen molar-refractivity contribution < 1.29 is 9.59 Å². The van der Waals surface area contributed by atoms with Gasteiger partial charge in [-0.05, 0) is 61.6 Å². The van der Waals surface area contributed by atoms with E-state index in [9.17, 15) is 9.59 Å². The standard InChI is InChI=1S/C27H26N2O2/c1-18-9-11-22(12-10-18)24-25(28-23-16-19(2)15-20(3)17-23)27(31)29(26(24)30)14-13-21-7-5-4-6-8-21/h4-12,15-17,28H,13-14H2,1-3H3. The van der Waals surface area contributed by atoms with Crippen molar-refractivity contribution in [1.82, 2.24) is 4.90 Å². The fourth-order valence-electron chi connectivity index (χ4n) is 3.96. The third-order valence-corrected chi connectivity index (χ3v) is 5.47. The van der Waals surface area contributed by atoms with Gasteiger partial charge in [0.15, 0.2) is 0 Å². The number of nitrogens with zero attached hydrogens (tertiary/aromatic N) is 1. The van der Waals surface area contributed by atoms with Crippen molar-refractivity contribution in [1.29, 1.82) is 0 Å². The molecule has 4 nitrogen and oxygen atoms in total. The van der Waals surface area contributed by atoms with E-state index >= 15 is 0 Å². The van der Waals surface area contributed by atoms with Gasteiger partial charge in [0.25, 0.3) is 11.8 Å². The van der Waals surface area contributed by atoms with Crippen molar-refractivity contribution in [2.24, 2.45) is 0 Å². The number of rotatable bonds is 6. The molecule has 1 heterocycles. The van der Waals surface area contributed by atoms with E-state index in [2.05, 4.69) is 11.4 Å². The number of benzene rings is 3. The zero-order chi connectivity index (χ0) is 22.0. The van der Waals surface area contributed by atoms with Crippen molar-refractivity contribution in [2.75, 3.05) is 11.9 Å². The molecule has 3 aromatic rings. The lowest BCUT2D eigenvalue weighted by atomic mass is 10.0. The Morgan fingerprint density at radius 1 is 0.742 bits per heavy atom. The van der Waals surface area contributed by atoms with Gasteiger partial charge < -0.3 is 5.32 Å². The first kappa shape index (κ1) is 20.6. The van der Waals surface area contributed by atoms with Crippen molar-refractivity contribution in [3.63, 3.8) is 0 Å². The molecule has 3 aromatic carbocycles. The summed E-state index contributed by atoms with van der Waals surface area (Å²) in [4.78, 5) is 28.1. The van der Waals surface area contributed by atoms with Crippen LogP contribution in [-0.4, -0.2) is 23.3 Å². The van der Waals surface area contributed by atoms with Gasteiger partial charge in [-0.3, -0.25) is 14.5 Å². The monoisotopic (exact) mass is 410 g/mol. The van der Waals surface area contributed by atoms with Crippen LogP contribution in [0.5, 0.6) is 0 Å². The molecule has 0 saturated carbocycles. The first-order chi connectivity index (χ1) is 14.9. The van der Waals surface area contributed by atoms with Gasteiger partial charge in [0.05, 0.1) is 5.57 Å². The molecule has 1 aliphatic heterocycles. The minimum absolute atomic E-state index is 0.253. The maximum atomic E-state index is 13.4. The van der Waals surface area contributed by atoms with Crippen LogP contribution < -0.4 is 5.32 Å². The van der Waals surface area contributed by atoms with Crippen LogP contribution in [-0.2, 0) is 16.0 Å². The van der Waals surface area contributed by atoms with Crippen LogP contribution in [0.25, 0.3) is 5.57 Å². The number of carbonyl (C=O) groups excluding carboxylic acids is 2. The fraction of sp³-hybridized carbons (Fsp3) is 0.185. The van der Waals surface area contributed by atoms with E-state index in [0.717, 1.165) is 33.5 Å². The Labute approximate surface area is 183 Å². The van der Waals surface area contributed by atoms with E-state index in [4.69, 9.17) is 0 Å². The molecular weight excluding hydrogens is 384 g/mol. The third-order valence-electron chi connectivity index (χ3n) is 5.47. The maximum Gasteiger partial charge on any atom is 0.278 e. The van der Waals surface area contributed by atoms with Gasteiger partial charge in [0.1, 0.15) is 5.70 Å². The Morgan fingerprint density at radius 2 is 1.39 bits per heavy atom. The Balaban J connectivity index is 1.69. The molecule has 0 spiro atoms. The van der Waals surface area contributed by atoms with Crippen molar-refractivity contribution in [3.8, 4) is 0 Å². The second-order valence-electron chi connectivity index (χ2n) is 8.11. The maximum absolute atomic E-state index is 13.4. The van der Waals surface area contributed by atoms with E-state index in [1.54, 1.807) is 0 Å². The summed E-state index contributed by atoms with van der Waals surface area (Å²) in [7, 11) is 0. The first-order valence-corrected chi connectivity index (χ1v) is 10.5. The average molecular weight is 411 g/mol. The molecule has 2 amide bonds. The average Bonchev–Trinajstić information content (AvgIpc) is 2.96. The summed E-state index contributed by atoms with van der Waals surface area (Å²) in [5.74, 6) is -0.535. The van der Waals surface area contributed by atoms with E-state index in [1.165, 1.54) is 4.90 Å². The predicted octanol–water partition coefficient (Wildman–Crippen LogP) is 5.05. The second kappa shape index (κ2) is 8.60. The lowest BCUT2D eigenvalue weighted by Crippen LogP contribution is -2.34. The summed E-state index contributed by atoms with van der Waals surface area (Å²) in [6.07, 6.45) is 0.621. The molecule has 0 unspecified atom stereocenters. The number of nitrogens with one attached hydrogen (secondary N) is 1. The molecule has 1 aliphatic rings. The van der Waals surface area contributed by atoms with Crippen LogP contribution in [0.1, 0.15) is 27.8 Å². The quantitative estimate of drug-likeness (QED) is 0.579. The smallest absolute Gasteiger partial charge is 0.278 e. The van der Waals surface area contributed by atoms with Crippen LogP contribution in [0.4, 0.5) is 5.69 Å². The van der Waals surface area contributed by atoms with Crippen molar-refractivity contribution in [2.45, 2.75) is 27.2 Å². The highest BCUT2D eigenvalue weighted by atomic mass is 16.2. The van der Waals surface area contributed by atoms with Crippen LogP contribution in [0, 0.1) is 20.8 Å². The predicted molar refractivity (Wildman–Crippen MR) is 125 cm³/mol. The summed E-state index contributed by atoms with van der Waals surface area (Å²) in [5, 5.41) is 3.26. The van der Waals surface area contributed by atoms with Crippen LogP contribution in [0.3, 0.4) is 0 Å². The molecule has 0 fully saturated rings. The van der Waals surface area contributed by atoms with Gasteiger partial charge in [0.2, 0.25) is 0 Å². The van der Waals surface area contributed by atoms with Gasteiger partial charge >= 0.3 is 0 Å². The third kappa shape index (κ3) is 4.43. The number of imide groups is 1. The van der Waals surface area contributed by atoms with E-state index in [0.29, 0.717) is 24.2 Å². The Morgan fingerprint density at radius 3 is 2.03 bits per heavy atom. The summed E-state index contributed by atoms with van der Waals surface area (Å²) in [6.45, 7) is 6.37. The summed E-state index contributed by atoms with van der Waals surface area (Å²) in [5.41, 5.74) is 6.71. The Kier molecular flexibility index (Phi) is 5.72. The summed E-state index contributed by atoms with van der Waals surface area (Å²) in [6, 6.07) is 23.7. The van der Waals surface area contributed by atoms with Gasteiger partial charge in [-0.15, -0.1) is 0 Å². The van der Waals surface area contributed by atoms with E-state index < -0.39 is 0 Å². The minimum Gasteiger partial charge on any atom is -0.350 e. The van der Waals surface area contributed by atoms with Gasteiger partial charge in [-0.25, -0.2) is 0 Å². The lowest BCUT2D eigenvalue weighted by molar-refractivity contribution is -0.136. The number of amides is 2. The highest BCUT2D eigenvalue weighted by molar-refractivity contribution is 6.36. The number of hydrogen-bond acceptors (Lipinski definition) is 3. The lowest BCUT2D eigenvalue weighted by Gasteiger charge is -2.15. The van der Waals surface area contributed by atoms with E-state index in [-0.39, 0.29) is 11.8 Å². The highest BCUT2D eigenvalue weighted by Crippen LogP contribution is 2.31. The minimum atomic E-state index is -0.282. The molecule has 0 bridgehead atoms. The highest BCUT2D eigenvalue weighted by Gasteiger charge is 2.38. The van der Waals surface area contributed by atoms with Gasteiger partial charge in [-0.1, -0.05) is 66.2 Å². The first-order valence-electron chi connectivity index (χ1n) is 10.5. The second-order valence-corrected chi connectivity index (χ2v) is 8.11. The van der Waals surface area contributed by atoms with Gasteiger partial charge in [0, 0.05) is 12.2 Å². The van der Waals surface area contributed by atoms with E-state index in [1.807, 2.05) is 87.5 Å². The molecule has 1 N–H and O–H groups in total. The molecule has 31 heavy (non-hydrogen) atoms. The van der Waals surface area contributed by atoms with Crippen LogP contribution in [0.15, 0.2) is 78.5 Å². The molecule has 156 valence electrons. The zero-order valence-corrected chi connectivity index (χ0v) is 18.1. The number of aryl methyl sites for hydroxylation is 3. The number of anilines is 1. The normalized spacial score (nSPS) is 13.8. The zero-order valence-electron chi connectivity index (χ0n) is 18.1. The van der Waals surface area contributed by atoms with Crippen LogP contribution in [0.2, 0.25) is 0 Å². The molecule has 0 radical (unpaired) electrons. The molecule has 0 aromatic heterocycles. The van der Waals surface area contributed by atoms with Crippen molar-refractivity contribution in [3.05, 3.63) is 106 Å². The topological polar surface area (TPSA) is 49.4 Å². The molecule has 0 saturated heterocycles. The van der Waals surface area contributed by atoms with Crippen molar-refractivity contribution >= 4 is 23.1 Å². The van der Waals surface area contributed by atoms with Gasteiger partial charge in [-0.2, -0.15) is 0 Å². The molecule has 4 heteroatoms. The summed E-state index contributed by atoms with van der Waals surface area (Å²) < 4.78 is 0. The SMILES string of the molecule is Cc1ccc(C2=C(Nc3cc(C)cc(C)c3)C(=O)N(CCc3ccccc3)C2=O)cc1. The molecule has 0 aliphatic carbocycles. The molecule has 0 atom stereocenters.